The normalized spacial score (nSPS) is 7.20. The van der Waals surface area contributed by atoms with Crippen LogP contribution in [0.5, 0.6) is 0 Å². The number of nitrogens with one attached hydrogen (secondary N) is 1. The van der Waals surface area contributed by atoms with Gasteiger partial charge in [-0.2, -0.15) is 0 Å². The van der Waals surface area contributed by atoms with E-state index in [0.29, 0.717) is 0 Å². The molecule has 1 N–H and O–H groups in total. The fourth-order valence-electron chi connectivity index (χ4n) is 0. The standard InChI is InChI=1S/C3H9N.In/c1-4(2)3;/h1-3H3;/q;+3/p+1. The fraction of sp³-hybridized carbons (Fsp3) is 1.00. The number of rotatable bonds is 0. The van der Waals surface area contributed by atoms with Crippen LogP contribution < -0.4 is 4.90 Å². The van der Waals surface area contributed by atoms with E-state index in [1.165, 1.54) is 4.90 Å². The molecule has 0 amide bonds. The van der Waals surface area contributed by atoms with Crippen molar-refractivity contribution in [2.24, 2.45) is 0 Å². The summed E-state index contributed by atoms with van der Waals surface area (Å²) in [7, 11) is 6.25. The molecule has 0 bridgehead atoms. The molecular weight excluding hydrogens is 165 g/mol. The Balaban J connectivity index is 0. The van der Waals surface area contributed by atoms with Crippen molar-refractivity contribution < 1.29 is 4.90 Å². The van der Waals surface area contributed by atoms with Crippen LogP contribution in [0, 0.1) is 0 Å². The van der Waals surface area contributed by atoms with Gasteiger partial charge in [-0.1, -0.05) is 0 Å². The average molecular weight is 175 g/mol. The van der Waals surface area contributed by atoms with Crippen molar-refractivity contribution in [2.75, 3.05) is 21.1 Å². The Bertz CT molecular complexity index is 11.6. The monoisotopic (exact) mass is 175 g/mol. The van der Waals surface area contributed by atoms with Crippen LogP contribution >= 0.6 is 0 Å². The zero-order valence-electron chi connectivity index (χ0n) is 4.08. The van der Waals surface area contributed by atoms with Crippen molar-refractivity contribution in [2.45, 2.75) is 0 Å². The largest absolute Gasteiger partial charge is 3.00 e. The van der Waals surface area contributed by atoms with Crippen molar-refractivity contribution >= 4 is 25.8 Å². The van der Waals surface area contributed by atoms with Gasteiger partial charge < -0.3 is 4.90 Å². The SMILES string of the molecule is C[NH+](C)C.[In+3]. The third-order valence-electron chi connectivity index (χ3n) is 0. The topological polar surface area (TPSA) is 4.44 Å². The molecule has 0 saturated carbocycles. The van der Waals surface area contributed by atoms with Gasteiger partial charge in [-0.15, -0.1) is 0 Å². The van der Waals surface area contributed by atoms with Crippen LogP contribution in [0.15, 0.2) is 0 Å². The fourth-order valence-corrected chi connectivity index (χ4v) is 0. The summed E-state index contributed by atoms with van der Waals surface area (Å²) < 4.78 is 0. The summed E-state index contributed by atoms with van der Waals surface area (Å²) >= 11 is 0. The molecule has 26 valence electrons. The molecule has 0 aromatic rings. The Morgan fingerprint density at radius 1 is 1.00 bits per heavy atom. The summed E-state index contributed by atoms with van der Waals surface area (Å²) in [6.45, 7) is 0. The molecule has 0 rings (SSSR count). The Labute approximate surface area is 52.1 Å². The van der Waals surface area contributed by atoms with Crippen LogP contribution in [0.25, 0.3) is 0 Å². The smallest absolute Gasteiger partial charge is 0.342 e. The van der Waals surface area contributed by atoms with Crippen LogP contribution in [-0.4, -0.2) is 47.0 Å². The molecule has 1 nitrogen and oxygen atoms in total. The summed E-state index contributed by atoms with van der Waals surface area (Å²) in [5, 5.41) is 0. The van der Waals surface area contributed by atoms with Crippen LogP contribution in [-0.2, 0) is 0 Å². The third kappa shape index (κ3) is 56.1. The van der Waals surface area contributed by atoms with E-state index < -0.39 is 0 Å². The van der Waals surface area contributed by atoms with Crippen molar-refractivity contribution in [3.05, 3.63) is 0 Å². The molecule has 5 heavy (non-hydrogen) atoms. The molecule has 0 unspecified atom stereocenters. The van der Waals surface area contributed by atoms with Crippen LogP contribution in [0.3, 0.4) is 0 Å². The summed E-state index contributed by atoms with van der Waals surface area (Å²) in [6, 6.07) is 0. The summed E-state index contributed by atoms with van der Waals surface area (Å²) in [6.07, 6.45) is 0. The Morgan fingerprint density at radius 3 is 1.00 bits per heavy atom. The van der Waals surface area contributed by atoms with Crippen molar-refractivity contribution in [1.29, 1.82) is 0 Å². The van der Waals surface area contributed by atoms with Crippen LogP contribution in [0.2, 0.25) is 0 Å². The van der Waals surface area contributed by atoms with E-state index >= 15 is 0 Å². The van der Waals surface area contributed by atoms with E-state index in [4.69, 9.17) is 0 Å². The van der Waals surface area contributed by atoms with Gasteiger partial charge >= 0.3 is 25.8 Å². The van der Waals surface area contributed by atoms with Crippen molar-refractivity contribution in [3.63, 3.8) is 0 Å². The first-order chi connectivity index (χ1) is 1.73. The van der Waals surface area contributed by atoms with Crippen molar-refractivity contribution in [1.82, 2.24) is 0 Å². The quantitative estimate of drug-likeness (QED) is 0.451. The maximum Gasteiger partial charge on any atom is 3.00 e. The van der Waals surface area contributed by atoms with Crippen molar-refractivity contribution in [3.8, 4) is 0 Å². The van der Waals surface area contributed by atoms with Gasteiger partial charge in [0.15, 0.2) is 0 Å². The minimum Gasteiger partial charge on any atom is -0.342 e. The minimum atomic E-state index is 0. The van der Waals surface area contributed by atoms with Gasteiger partial charge in [-0.05, 0) is 0 Å². The first kappa shape index (κ1) is 9.27. The van der Waals surface area contributed by atoms with Gasteiger partial charge in [0.05, 0.1) is 21.1 Å². The van der Waals surface area contributed by atoms with E-state index in [-0.39, 0.29) is 25.8 Å². The Hall–Kier alpha value is 0.830. The van der Waals surface area contributed by atoms with Crippen LogP contribution in [0.4, 0.5) is 0 Å². The maximum atomic E-state index is 2.08. The van der Waals surface area contributed by atoms with E-state index in [0.717, 1.165) is 0 Å². The second-order valence-corrected chi connectivity index (χ2v) is 1.50. The zero-order chi connectivity index (χ0) is 3.58. The molecule has 0 spiro atoms. The number of quaternary nitrogens is 1. The zero-order valence-corrected chi connectivity index (χ0v) is 7.37. The van der Waals surface area contributed by atoms with E-state index in [1.54, 1.807) is 0 Å². The first-order valence-corrected chi connectivity index (χ1v) is 1.50. The second kappa shape index (κ2) is 4.83. The van der Waals surface area contributed by atoms with Gasteiger partial charge in [-0.25, -0.2) is 0 Å². The second-order valence-electron chi connectivity index (χ2n) is 1.50. The molecule has 2 heteroatoms. The molecule has 0 atom stereocenters. The Kier molecular flexibility index (Phi) is 8.96. The Morgan fingerprint density at radius 2 is 1.00 bits per heavy atom. The summed E-state index contributed by atoms with van der Waals surface area (Å²) in [5.41, 5.74) is 0. The van der Waals surface area contributed by atoms with Gasteiger partial charge in [-0.3, -0.25) is 0 Å². The molecule has 0 heterocycles. The van der Waals surface area contributed by atoms with E-state index in [2.05, 4.69) is 21.1 Å². The molecule has 0 aliphatic carbocycles. The maximum absolute atomic E-state index is 2.08. The predicted molar refractivity (Wildman–Crippen MR) is 24.5 cm³/mol. The molecule has 0 aromatic heterocycles. The number of hydrogen-bond donors (Lipinski definition) is 1. The molecule has 0 aliphatic rings. The molecule has 0 radical (unpaired) electrons. The van der Waals surface area contributed by atoms with Crippen LogP contribution in [0.1, 0.15) is 0 Å². The summed E-state index contributed by atoms with van der Waals surface area (Å²) in [4.78, 5) is 1.42. The van der Waals surface area contributed by atoms with E-state index in [1.807, 2.05) is 0 Å². The first-order valence-electron chi connectivity index (χ1n) is 1.50. The molecule has 0 aliphatic heterocycles. The summed E-state index contributed by atoms with van der Waals surface area (Å²) in [5.74, 6) is 0. The van der Waals surface area contributed by atoms with Gasteiger partial charge in [0.2, 0.25) is 0 Å². The molecule has 0 saturated heterocycles. The molecular formula is C3H10InN+4. The number of hydrogen-bond acceptors (Lipinski definition) is 0. The van der Waals surface area contributed by atoms with E-state index in [9.17, 15) is 0 Å². The van der Waals surface area contributed by atoms with Gasteiger partial charge in [0, 0.05) is 0 Å². The molecule has 0 aromatic carbocycles. The van der Waals surface area contributed by atoms with Gasteiger partial charge in [0.1, 0.15) is 0 Å². The average Bonchev–Trinajstić information content (AvgIpc) is 0.811. The minimum absolute atomic E-state index is 0. The third-order valence-corrected chi connectivity index (χ3v) is 0. The predicted octanol–water partition coefficient (Wildman–Crippen LogP) is -1.62. The molecule has 0 fully saturated rings. The van der Waals surface area contributed by atoms with Gasteiger partial charge in [0.25, 0.3) is 0 Å².